The zero-order chi connectivity index (χ0) is 6.85. The molecule has 0 atom stereocenters. The summed E-state index contributed by atoms with van der Waals surface area (Å²) in [6, 6.07) is 0. The summed E-state index contributed by atoms with van der Waals surface area (Å²) in [5.41, 5.74) is 0. The molecule has 0 aliphatic heterocycles. The third-order valence-corrected chi connectivity index (χ3v) is 2.60. The summed E-state index contributed by atoms with van der Waals surface area (Å²) in [5, 5.41) is 8.38. The molecule has 0 radical (unpaired) electrons. The highest BCUT2D eigenvalue weighted by atomic mass is 32.1. The number of carboxylic acids is 1. The van der Waals surface area contributed by atoms with E-state index in [1.54, 1.807) is 0 Å². The highest BCUT2D eigenvalue weighted by molar-refractivity contribution is 7.21. The van der Waals surface area contributed by atoms with Crippen molar-refractivity contribution in [2.75, 3.05) is 0 Å². The van der Waals surface area contributed by atoms with E-state index in [1.165, 1.54) is 17.5 Å². The Morgan fingerprint density at radius 2 is 2.56 bits per heavy atom. The molecule has 46 valence electrons. The summed E-state index contributed by atoms with van der Waals surface area (Å²) < 4.78 is 0.924. The third kappa shape index (κ3) is 1.52. The monoisotopic (exact) mass is 157 g/mol. The molecule has 0 saturated heterocycles. The second-order valence-corrected chi connectivity index (χ2v) is 4.46. The van der Waals surface area contributed by atoms with Crippen molar-refractivity contribution in [3.05, 3.63) is 11.1 Å². The van der Waals surface area contributed by atoms with Crippen molar-refractivity contribution in [2.24, 2.45) is 0 Å². The van der Waals surface area contributed by atoms with Gasteiger partial charge in [-0.1, -0.05) is 0 Å². The standard InChI is InChI=1S/C4H2NO2S.Al.2H/c6-4(7)3-1-5-2-8-3;;;/h1H,(H,6,7);;;. The predicted molar refractivity (Wildman–Crippen MR) is 37.3 cm³/mol. The molecule has 0 fully saturated rings. The smallest absolute Gasteiger partial charge is 0.347 e. The van der Waals surface area contributed by atoms with Crippen LogP contribution in [0.4, 0.5) is 0 Å². The van der Waals surface area contributed by atoms with E-state index >= 15 is 0 Å². The van der Waals surface area contributed by atoms with Crippen molar-refractivity contribution in [1.29, 1.82) is 0 Å². The van der Waals surface area contributed by atoms with Crippen molar-refractivity contribution >= 4 is 37.5 Å². The Hall–Kier alpha value is -0.368. The molecular formula is C4H4AlNO2S. The number of nitrogens with zero attached hydrogens (tertiary/aromatic N) is 1. The maximum absolute atomic E-state index is 10.2. The van der Waals surface area contributed by atoms with Crippen LogP contribution in [0.5, 0.6) is 0 Å². The maximum Gasteiger partial charge on any atom is 0.347 e. The largest absolute Gasteiger partial charge is 0.477 e. The number of rotatable bonds is 1. The minimum absolute atomic E-state index is 0.333. The minimum Gasteiger partial charge on any atom is -0.477 e. The number of aromatic nitrogens is 1. The summed E-state index contributed by atoms with van der Waals surface area (Å²) in [6.45, 7) is 0. The Morgan fingerprint density at radius 1 is 1.89 bits per heavy atom. The maximum atomic E-state index is 10.2. The lowest BCUT2D eigenvalue weighted by atomic mass is 10.6. The molecule has 1 N–H and O–H groups in total. The van der Waals surface area contributed by atoms with Crippen LogP contribution in [0.3, 0.4) is 0 Å². The molecule has 9 heavy (non-hydrogen) atoms. The first kappa shape index (κ1) is 6.75. The number of carboxylic acid groups (broad SMARTS) is 1. The van der Waals surface area contributed by atoms with E-state index in [-0.39, 0.29) is 0 Å². The molecule has 0 bridgehead atoms. The van der Waals surface area contributed by atoms with Crippen molar-refractivity contribution in [3.63, 3.8) is 0 Å². The lowest BCUT2D eigenvalue weighted by Crippen LogP contribution is -1.96. The normalized spacial score (nSPS) is 9.33. The molecule has 5 heteroatoms. The van der Waals surface area contributed by atoms with Crippen LogP contribution in [0.25, 0.3) is 0 Å². The average molecular weight is 157 g/mol. The lowest BCUT2D eigenvalue weighted by Gasteiger charge is -1.78. The van der Waals surface area contributed by atoms with E-state index in [0.717, 1.165) is 20.2 Å². The van der Waals surface area contributed by atoms with Gasteiger partial charge in [0.05, 0.1) is 6.20 Å². The molecular weight excluding hydrogens is 153 g/mol. The molecule has 0 aliphatic rings. The van der Waals surface area contributed by atoms with E-state index in [2.05, 4.69) is 4.98 Å². The van der Waals surface area contributed by atoms with Crippen LogP contribution in [0.1, 0.15) is 9.67 Å². The van der Waals surface area contributed by atoms with Gasteiger partial charge in [-0.25, -0.2) is 4.79 Å². The van der Waals surface area contributed by atoms with E-state index in [1.807, 2.05) is 0 Å². The first-order valence-corrected chi connectivity index (χ1v) is 4.17. The Morgan fingerprint density at radius 3 is 2.78 bits per heavy atom. The number of carbonyl (C=O) groups is 1. The SMILES string of the molecule is O=C(O)c1cn[c]([AlH2])s1. The topological polar surface area (TPSA) is 50.2 Å². The molecule has 0 saturated carbocycles. The Balaban J connectivity index is 2.98. The Labute approximate surface area is 63.8 Å². The van der Waals surface area contributed by atoms with Gasteiger partial charge in [-0.05, 0) is 0 Å². The lowest BCUT2D eigenvalue weighted by molar-refractivity contribution is 0.0702. The number of thiazole rings is 1. The first-order chi connectivity index (χ1) is 4.20. The number of hydrogen-bond acceptors (Lipinski definition) is 3. The molecule has 0 aromatic carbocycles. The van der Waals surface area contributed by atoms with Crippen LogP contribution < -0.4 is 3.87 Å². The van der Waals surface area contributed by atoms with E-state index < -0.39 is 5.97 Å². The van der Waals surface area contributed by atoms with E-state index in [0.29, 0.717) is 4.88 Å². The first-order valence-electron chi connectivity index (χ1n) is 2.36. The third-order valence-electron chi connectivity index (χ3n) is 0.832. The summed E-state index contributed by atoms with van der Waals surface area (Å²) >= 11 is 2.08. The Bertz CT molecular complexity index is 234. The molecule has 1 aromatic heterocycles. The van der Waals surface area contributed by atoms with Crippen molar-refractivity contribution < 1.29 is 9.90 Å². The minimum atomic E-state index is -0.880. The fraction of sp³-hybridized carbons (Fsp3) is 0. The fourth-order valence-electron chi connectivity index (χ4n) is 0.460. The average Bonchev–Trinajstić information content (AvgIpc) is 2.14. The second kappa shape index (κ2) is 2.48. The summed E-state index contributed by atoms with van der Waals surface area (Å²) in [6.07, 6.45) is 1.40. The summed E-state index contributed by atoms with van der Waals surface area (Å²) in [4.78, 5) is 14.4. The zero-order valence-electron chi connectivity index (χ0n) is 4.79. The molecule has 0 aliphatic carbocycles. The van der Waals surface area contributed by atoms with Gasteiger partial charge in [0.1, 0.15) is 4.88 Å². The summed E-state index contributed by atoms with van der Waals surface area (Å²) in [5.74, 6) is -0.880. The van der Waals surface area contributed by atoms with Crippen LogP contribution >= 0.6 is 11.3 Å². The molecule has 0 spiro atoms. The molecule has 3 nitrogen and oxygen atoms in total. The predicted octanol–water partition coefficient (Wildman–Crippen LogP) is -0.900. The quantitative estimate of drug-likeness (QED) is 0.537. The van der Waals surface area contributed by atoms with Gasteiger partial charge in [-0.15, -0.1) is 11.3 Å². The molecule has 0 amide bonds. The summed E-state index contributed by atoms with van der Waals surface area (Å²) in [7, 11) is 0. The molecule has 1 heterocycles. The van der Waals surface area contributed by atoms with Gasteiger partial charge in [0, 0.05) is 3.87 Å². The molecule has 0 unspecified atom stereocenters. The molecule has 1 aromatic rings. The van der Waals surface area contributed by atoms with Gasteiger partial charge < -0.3 is 5.11 Å². The highest BCUT2D eigenvalue weighted by Gasteiger charge is 2.03. The van der Waals surface area contributed by atoms with Crippen molar-refractivity contribution in [1.82, 2.24) is 4.98 Å². The zero-order valence-corrected chi connectivity index (χ0v) is 7.60. The van der Waals surface area contributed by atoms with Gasteiger partial charge in [0.2, 0.25) is 0 Å². The fourth-order valence-corrected chi connectivity index (χ4v) is 1.87. The van der Waals surface area contributed by atoms with Gasteiger partial charge in [0.25, 0.3) is 0 Å². The Kier molecular flexibility index (Phi) is 1.86. The van der Waals surface area contributed by atoms with Gasteiger partial charge in [-0.2, -0.15) is 0 Å². The van der Waals surface area contributed by atoms with Crippen molar-refractivity contribution in [2.45, 2.75) is 0 Å². The van der Waals surface area contributed by atoms with E-state index in [9.17, 15) is 4.79 Å². The molecule has 1 rings (SSSR count). The van der Waals surface area contributed by atoms with Crippen LogP contribution in [0.15, 0.2) is 6.20 Å². The van der Waals surface area contributed by atoms with Gasteiger partial charge in [0.15, 0.2) is 0 Å². The second-order valence-electron chi connectivity index (χ2n) is 1.55. The van der Waals surface area contributed by atoms with Crippen LogP contribution in [0, 0.1) is 0 Å². The highest BCUT2D eigenvalue weighted by Crippen LogP contribution is 2.00. The van der Waals surface area contributed by atoms with Crippen LogP contribution in [0.2, 0.25) is 0 Å². The van der Waals surface area contributed by atoms with Gasteiger partial charge >= 0.3 is 22.3 Å². The van der Waals surface area contributed by atoms with Crippen LogP contribution in [-0.2, 0) is 0 Å². The van der Waals surface area contributed by atoms with Gasteiger partial charge in [-0.3, -0.25) is 4.98 Å². The van der Waals surface area contributed by atoms with Crippen molar-refractivity contribution in [3.8, 4) is 0 Å². The number of hydrogen-bond donors (Lipinski definition) is 1. The van der Waals surface area contributed by atoms with Crippen LogP contribution in [-0.4, -0.2) is 32.4 Å². The van der Waals surface area contributed by atoms with E-state index in [4.69, 9.17) is 5.11 Å². The number of aromatic carboxylic acids is 1.